The normalized spacial score (nSPS) is 14.6. The van der Waals surface area contributed by atoms with Crippen molar-refractivity contribution in [2.24, 2.45) is 0 Å². The second-order valence-electron chi connectivity index (χ2n) is 5.55. The second kappa shape index (κ2) is 6.57. The molecule has 1 N–H and O–H groups in total. The van der Waals surface area contributed by atoms with Crippen LogP contribution in [0.15, 0.2) is 53.2 Å². The third-order valence-electron chi connectivity index (χ3n) is 3.76. The van der Waals surface area contributed by atoms with Gasteiger partial charge in [0, 0.05) is 9.26 Å². The molecule has 0 radical (unpaired) electrons. The van der Waals surface area contributed by atoms with Crippen LogP contribution in [0, 0.1) is 17.4 Å². The van der Waals surface area contributed by atoms with E-state index in [-0.39, 0.29) is 10.7 Å². The van der Waals surface area contributed by atoms with Gasteiger partial charge in [0.05, 0.1) is 5.69 Å². The molecule has 0 saturated carbocycles. The molecule has 2 amide bonds. The zero-order chi connectivity index (χ0) is 17.4. The van der Waals surface area contributed by atoms with Gasteiger partial charge in [0.25, 0.3) is 11.8 Å². The Morgan fingerprint density at radius 2 is 1.67 bits per heavy atom. The highest BCUT2D eigenvalue weighted by molar-refractivity contribution is 14.1. The number of halogens is 2. The van der Waals surface area contributed by atoms with Crippen LogP contribution in [0.1, 0.15) is 11.1 Å². The van der Waals surface area contributed by atoms with Crippen molar-refractivity contribution in [1.82, 2.24) is 0 Å². The molecule has 0 fully saturated rings. The highest BCUT2D eigenvalue weighted by Crippen LogP contribution is 2.31. The van der Waals surface area contributed by atoms with Gasteiger partial charge in [-0.1, -0.05) is 23.7 Å². The summed E-state index contributed by atoms with van der Waals surface area (Å²) >= 11 is 8.31. The van der Waals surface area contributed by atoms with Crippen molar-refractivity contribution in [3.63, 3.8) is 0 Å². The lowest BCUT2D eigenvalue weighted by Crippen LogP contribution is -2.32. The van der Waals surface area contributed by atoms with Gasteiger partial charge in [0.2, 0.25) is 0 Å². The summed E-state index contributed by atoms with van der Waals surface area (Å²) in [5.41, 5.74) is 3.38. The van der Waals surface area contributed by atoms with E-state index >= 15 is 0 Å². The Morgan fingerprint density at radius 1 is 1.00 bits per heavy atom. The molecule has 122 valence electrons. The third kappa shape index (κ3) is 3.06. The molecule has 0 aromatic heterocycles. The number of carbonyl (C=O) groups is 2. The van der Waals surface area contributed by atoms with Crippen molar-refractivity contribution in [2.45, 2.75) is 13.8 Å². The Labute approximate surface area is 158 Å². The van der Waals surface area contributed by atoms with E-state index in [4.69, 9.17) is 11.6 Å². The first-order valence-electron chi connectivity index (χ1n) is 7.27. The maximum absolute atomic E-state index is 12.7. The minimum Gasteiger partial charge on any atom is -0.349 e. The summed E-state index contributed by atoms with van der Waals surface area (Å²) in [5, 5.41) is 2.93. The number of nitrogens with zero attached hydrogens (tertiary/aromatic N) is 1. The predicted octanol–water partition coefficient (Wildman–Crippen LogP) is 4.34. The lowest BCUT2D eigenvalue weighted by Gasteiger charge is -2.15. The van der Waals surface area contributed by atoms with E-state index in [1.165, 1.54) is 0 Å². The first-order chi connectivity index (χ1) is 11.4. The van der Waals surface area contributed by atoms with Crippen molar-refractivity contribution >= 4 is 57.4 Å². The third-order valence-corrected chi connectivity index (χ3v) is 4.83. The summed E-state index contributed by atoms with van der Waals surface area (Å²) in [6.07, 6.45) is 0. The van der Waals surface area contributed by atoms with Gasteiger partial charge in [-0.15, -0.1) is 0 Å². The van der Waals surface area contributed by atoms with Gasteiger partial charge >= 0.3 is 0 Å². The average Bonchev–Trinajstić information content (AvgIpc) is 2.76. The number of carbonyl (C=O) groups excluding carboxylic acids is 2. The molecule has 0 unspecified atom stereocenters. The summed E-state index contributed by atoms with van der Waals surface area (Å²) in [6.45, 7) is 3.88. The van der Waals surface area contributed by atoms with Crippen molar-refractivity contribution < 1.29 is 9.59 Å². The highest BCUT2D eigenvalue weighted by Gasteiger charge is 2.39. The van der Waals surface area contributed by atoms with Gasteiger partial charge in [-0.25, -0.2) is 4.90 Å². The number of imide groups is 1. The first-order valence-corrected chi connectivity index (χ1v) is 8.72. The fraction of sp³-hybridized carbons (Fsp3) is 0.111. The van der Waals surface area contributed by atoms with Crippen LogP contribution in [0.3, 0.4) is 0 Å². The molecule has 6 heteroatoms. The molecule has 4 nitrogen and oxygen atoms in total. The van der Waals surface area contributed by atoms with Gasteiger partial charge < -0.3 is 5.32 Å². The van der Waals surface area contributed by atoms with E-state index in [0.717, 1.165) is 25.3 Å². The molecule has 2 aromatic rings. The molecule has 1 aliphatic heterocycles. The minimum absolute atomic E-state index is 0.0977. The van der Waals surface area contributed by atoms with Crippen LogP contribution in [-0.2, 0) is 9.59 Å². The summed E-state index contributed by atoms with van der Waals surface area (Å²) in [6, 6.07) is 13.0. The lowest BCUT2D eigenvalue weighted by molar-refractivity contribution is -0.120. The number of benzene rings is 2. The van der Waals surface area contributed by atoms with E-state index < -0.39 is 11.8 Å². The van der Waals surface area contributed by atoms with E-state index in [0.29, 0.717) is 5.69 Å². The van der Waals surface area contributed by atoms with Gasteiger partial charge in [0.1, 0.15) is 10.7 Å². The summed E-state index contributed by atoms with van der Waals surface area (Å²) in [4.78, 5) is 26.2. The Kier molecular flexibility index (Phi) is 4.64. The highest BCUT2D eigenvalue weighted by atomic mass is 127. The van der Waals surface area contributed by atoms with Crippen molar-refractivity contribution in [1.29, 1.82) is 0 Å². The lowest BCUT2D eigenvalue weighted by atomic mass is 10.1. The fourth-order valence-electron chi connectivity index (χ4n) is 2.44. The minimum atomic E-state index is -0.518. The van der Waals surface area contributed by atoms with Crippen LogP contribution in [0.2, 0.25) is 0 Å². The largest absolute Gasteiger partial charge is 0.349 e. The molecule has 1 heterocycles. The summed E-state index contributed by atoms with van der Waals surface area (Å²) in [7, 11) is 0. The zero-order valence-corrected chi connectivity index (χ0v) is 16.0. The SMILES string of the molecule is Cc1ccc(C)c(NC2=C(Cl)C(=O)N(c3ccc(I)cc3)C2=O)c1. The maximum Gasteiger partial charge on any atom is 0.283 e. The number of amides is 2. The predicted molar refractivity (Wildman–Crippen MR) is 104 cm³/mol. The molecule has 24 heavy (non-hydrogen) atoms. The molecule has 0 spiro atoms. The number of hydrogen-bond acceptors (Lipinski definition) is 3. The molecule has 0 atom stereocenters. The average molecular weight is 453 g/mol. The summed E-state index contributed by atoms with van der Waals surface area (Å²) < 4.78 is 1.02. The number of aryl methyl sites for hydroxylation is 2. The van der Waals surface area contributed by atoms with Crippen molar-refractivity contribution in [3.8, 4) is 0 Å². The number of hydrogen-bond donors (Lipinski definition) is 1. The quantitative estimate of drug-likeness (QED) is 0.557. The number of rotatable bonds is 3. The molecule has 0 bridgehead atoms. The van der Waals surface area contributed by atoms with E-state index in [2.05, 4.69) is 27.9 Å². The van der Waals surface area contributed by atoms with Crippen molar-refractivity contribution in [2.75, 3.05) is 10.2 Å². The Balaban J connectivity index is 1.94. The van der Waals surface area contributed by atoms with Crippen LogP contribution >= 0.6 is 34.2 Å². The van der Waals surface area contributed by atoms with Crippen LogP contribution < -0.4 is 10.2 Å². The van der Waals surface area contributed by atoms with Gasteiger partial charge in [-0.2, -0.15) is 0 Å². The van der Waals surface area contributed by atoms with Gasteiger partial charge in [0.15, 0.2) is 0 Å². The van der Waals surface area contributed by atoms with Crippen LogP contribution in [0.4, 0.5) is 11.4 Å². The van der Waals surface area contributed by atoms with E-state index in [1.54, 1.807) is 12.1 Å². The first kappa shape index (κ1) is 17.0. The maximum atomic E-state index is 12.7. The molecule has 0 saturated heterocycles. The summed E-state index contributed by atoms with van der Waals surface area (Å²) in [5.74, 6) is -0.970. The fourth-order valence-corrected chi connectivity index (χ4v) is 3.01. The van der Waals surface area contributed by atoms with E-state index in [1.807, 2.05) is 44.2 Å². The molecule has 1 aliphatic rings. The Morgan fingerprint density at radius 3 is 2.33 bits per heavy atom. The zero-order valence-electron chi connectivity index (χ0n) is 13.1. The molecular weight excluding hydrogens is 439 g/mol. The van der Waals surface area contributed by atoms with Crippen LogP contribution in [0.5, 0.6) is 0 Å². The monoisotopic (exact) mass is 452 g/mol. The number of anilines is 2. The van der Waals surface area contributed by atoms with Gasteiger partial charge in [-0.3, -0.25) is 9.59 Å². The molecule has 2 aromatic carbocycles. The smallest absolute Gasteiger partial charge is 0.283 e. The van der Waals surface area contributed by atoms with Crippen LogP contribution in [-0.4, -0.2) is 11.8 Å². The second-order valence-corrected chi connectivity index (χ2v) is 7.18. The molecular formula is C18H14ClIN2O2. The Bertz CT molecular complexity index is 875. The number of nitrogens with one attached hydrogen (secondary N) is 1. The van der Waals surface area contributed by atoms with Crippen molar-refractivity contribution in [3.05, 3.63) is 67.9 Å². The molecule has 3 rings (SSSR count). The standard InChI is InChI=1S/C18H14ClIN2O2/c1-10-3-4-11(2)14(9-10)21-16-15(19)17(23)22(18(16)24)13-7-5-12(20)6-8-13/h3-9,21H,1-2H3. The topological polar surface area (TPSA) is 49.4 Å². The molecule has 0 aliphatic carbocycles. The van der Waals surface area contributed by atoms with Crippen LogP contribution in [0.25, 0.3) is 0 Å². The Hall–Kier alpha value is -1.86. The van der Waals surface area contributed by atoms with Gasteiger partial charge in [-0.05, 0) is 77.9 Å². The van der Waals surface area contributed by atoms with E-state index in [9.17, 15) is 9.59 Å².